The molecule has 9 heteroatoms. The molecule has 0 aliphatic carbocycles. The number of carboxylic acids is 1. The van der Waals surface area contributed by atoms with Gasteiger partial charge in [-0.1, -0.05) is 66.0 Å². The summed E-state index contributed by atoms with van der Waals surface area (Å²) in [6.07, 6.45) is 0.915. The topological polar surface area (TPSA) is 67.2 Å². The SMILES string of the molecule is CC(=O)O.CCN(CC)c1ccc(Cc2ccc(N(CC)CC)cc2Br)c(Br)c1.CCN(CC)c1cccc(Br)c1.CO. The molecule has 0 amide bonds. The molecule has 3 rings (SSSR count). The highest BCUT2D eigenvalue weighted by atomic mass is 79.9. The summed E-state index contributed by atoms with van der Waals surface area (Å²) in [5, 5.41) is 14.4. The summed E-state index contributed by atoms with van der Waals surface area (Å²) in [6.45, 7) is 20.4. The molecule has 0 saturated carbocycles. The van der Waals surface area contributed by atoms with Crippen LogP contribution in [-0.2, 0) is 11.2 Å². The largest absolute Gasteiger partial charge is 0.481 e. The number of halogens is 3. The van der Waals surface area contributed by atoms with E-state index >= 15 is 0 Å². The lowest BCUT2D eigenvalue weighted by molar-refractivity contribution is -0.134. The Kier molecular flexibility index (Phi) is 22.2. The third-order valence-corrected chi connectivity index (χ3v) is 8.62. The van der Waals surface area contributed by atoms with E-state index in [-0.39, 0.29) is 0 Å². The minimum absolute atomic E-state index is 0.833. The van der Waals surface area contributed by atoms with Crippen molar-refractivity contribution in [3.05, 3.63) is 85.2 Å². The lowest BCUT2D eigenvalue weighted by atomic mass is 10.0. The van der Waals surface area contributed by atoms with E-state index in [4.69, 9.17) is 15.0 Å². The average molecular weight is 789 g/mol. The minimum Gasteiger partial charge on any atom is -0.481 e. The van der Waals surface area contributed by atoms with Crippen LogP contribution in [0.15, 0.2) is 74.1 Å². The Balaban J connectivity index is 0.000000812. The average Bonchev–Trinajstić information content (AvgIpc) is 2.99. The molecular weight excluding hydrogens is 738 g/mol. The second kappa shape index (κ2) is 23.3. The summed E-state index contributed by atoms with van der Waals surface area (Å²) in [6, 6.07) is 21.8. The number of rotatable bonds is 11. The number of anilines is 3. The number of carbonyl (C=O) groups is 1. The number of nitrogens with zero attached hydrogens (tertiary/aromatic N) is 3. The van der Waals surface area contributed by atoms with Crippen molar-refractivity contribution in [1.82, 2.24) is 0 Å². The normalized spacial score (nSPS) is 9.77. The van der Waals surface area contributed by atoms with Crippen molar-refractivity contribution in [1.29, 1.82) is 0 Å². The molecule has 0 atom stereocenters. The van der Waals surface area contributed by atoms with Crippen LogP contribution in [0.25, 0.3) is 0 Å². The monoisotopic (exact) mass is 785 g/mol. The van der Waals surface area contributed by atoms with Gasteiger partial charge in [0.1, 0.15) is 0 Å². The van der Waals surface area contributed by atoms with E-state index in [2.05, 4.69) is 159 Å². The van der Waals surface area contributed by atoms with Crippen LogP contribution in [0.5, 0.6) is 0 Å². The van der Waals surface area contributed by atoms with E-state index in [0.717, 1.165) is 64.2 Å². The number of carboxylic acid groups (broad SMARTS) is 1. The van der Waals surface area contributed by atoms with Gasteiger partial charge in [-0.25, -0.2) is 0 Å². The van der Waals surface area contributed by atoms with Crippen LogP contribution in [0.4, 0.5) is 17.1 Å². The Morgan fingerprint density at radius 1 is 0.605 bits per heavy atom. The molecule has 0 spiro atoms. The summed E-state index contributed by atoms with van der Waals surface area (Å²) < 4.78 is 3.50. The van der Waals surface area contributed by atoms with Crippen molar-refractivity contribution in [2.45, 2.75) is 54.9 Å². The van der Waals surface area contributed by atoms with Crippen molar-refractivity contribution in [3.63, 3.8) is 0 Å². The molecule has 0 bridgehead atoms. The second-order valence-corrected chi connectivity index (χ2v) is 11.9. The van der Waals surface area contributed by atoms with E-state index < -0.39 is 5.97 Å². The van der Waals surface area contributed by atoms with Crippen LogP contribution in [0.2, 0.25) is 0 Å². The van der Waals surface area contributed by atoms with Gasteiger partial charge < -0.3 is 24.9 Å². The molecule has 43 heavy (non-hydrogen) atoms. The van der Waals surface area contributed by atoms with Crippen molar-refractivity contribution in [2.75, 3.05) is 61.1 Å². The fraction of sp³-hybridized carbons (Fsp3) is 0.441. The molecular formula is C34H50Br3N3O3. The number of hydrogen-bond acceptors (Lipinski definition) is 5. The molecule has 0 aliphatic rings. The third kappa shape index (κ3) is 15.0. The first kappa shape index (κ1) is 40.9. The Bertz CT molecular complexity index is 1130. The van der Waals surface area contributed by atoms with Gasteiger partial charge in [-0.2, -0.15) is 0 Å². The molecule has 3 aromatic rings. The van der Waals surface area contributed by atoms with Crippen LogP contribution in [0.1, 0.15) is 59.6 Å². The minimum atomic E-state index is -0.833. The molecule has 2 N–H and O–H groups in total. The number of aliphatic carboxylic acids is 1. The highest BCUT2D eigenvalue weighted by Gasteiger charge is 2.10. The van der Waals surface area contributed by atoms with E-state index in [9.17, 15) is 0 Å². The van der Waals surface area contributed by atoms with E-state index in [1.807, 2.05) is 6.07 Å². The van der Waals surface area contributed by atoms with Crippen LogP contribution in [-0.4, -0.2) is 62.6 Å². The fourth-order valence-corrected chi connectivity index (χ4v) is 5.80. The highest BCUT2D eigenvalue weighted by Crippen LogP contribution is 2.30. The molecule has 0 saturated heterocycles. The molecule has 0 radical (unpaired) electrons. The van der Waals surface area contributed by atoms with Gasteiger partial charge >= 0.3 is 0 Å². The molecule has 0 aromatic heterocycles. The van der Waals surface area contributed by atoms with Crippen molar-refractivity contribution in [2.24, 2.45) is 0 Å². The summed E-state index contributed by atoms with van der Waals surface area (Å²) in [7, 11) is 1.00. The van der Waals surface area contributed by atoms with Crippen molar-refractivity contribution in [3.8, 4) is 0 Å². The predicted molar refractivity (Wildman–Crippen MR) is 197 cm³/mol. The van der Waals surface area contributed by atoms with Gasteiger partial charge in [0, 0.05) is 83.8 Å². The zero-order valence-corrected chi connectivity index (χ0v) is 31.8. The van der Waals surface area contributed by atoms with Gasteiger partial charge in [-0.3, -0.25) is 4.79 Å². The lowest BCUT2D eigenvalue weighted by Crippen LogP contribution is -2.21. The van der Waals surface area contributed by atoms with Gasteiger partial charge in [-0.05, 0) is 102 Å². The molecule has 240 valence electrons. The zero-order valence-electron chi connectivity index (χ0n) is 27.0. The van der Waals surface area contributed by atoms with E-state index in [1.54, 1.807) is 0 Å². The Hall–Kier alpha value is -2.07. The predicted octanol–water partition coefficient (Wildman–Crippen LogP) is 9.49. The molecule has 3 aromatic carbocycles. The number of aliphatic hydroxyl groups excluding tert-OH is 1. The van der Waals surface area contributed by atoms with Crippen LogP contribution in [0, 0.1) is 0 Å². The maximum atomic E-state index is 9.00. The molecule has 0 heterocycles. The van der Waals surface area contributed by atoms with E-state index in [1.165, 1.54) is 37.1 Å². The summed E-state index contributed by atoms with van der Waals surface area (Å²) in [4.78, 5) is 16.1. The van der Waals surface area contributed by atoms with Crippen LogP contribution >= 0.6 is 47.8 Å². The standard InChI is InChI=1S/C21H28Br2N2.C10H14BrN.C2H4O2.CH4O/c1-5-24(6-2)18-11-9-16(20(22)14-18)13-17-10-12-19(15-21(17)23)25(7-3)8-4;1-3-12(4-2)10-7-5-6-9(11)8-10;1-2(3)4;1-2/h9-12,14-15H,5-8,13H2,1-4H3;5-8H,3-4H2,1-2H3;1H3,(H,3,4);2H,1H3. The van der Waals surface area contributed by atoms with Crippen molar-refractivity contribution >= 4 is 70.8 Å². The first-order valence-electron chi connectivity index (χ1n) is 14.8. The first-order chi connectivity index (χ1) is 20.5. The highest BCUT2D eigenvalue weighted by molar-refractivity contribution is 9.11. The lowest BCUT2D eigenvalue weighted by Gasteiger charge is -2.23. The van der Waals surface area contributed by atoms with Gasteiger partial charge in [0.15, 0.2) is 0 Å². The van der Waals surface area contributed by atoms with Crippen LogP contribution < -0.4 is 14.7 Å². The van der Waals surface area contributed by atoms with Gasteiger partial charge in [0.2, 0.25) is 0 Å². The maximum Gasteiger partial charge on any atom is 0.300 e. The number of hydrogen-bond donors (Lipinski definition) is 2. The molecule has 6 nitrogen and oxygen atoms in total. The van der Waals surface area contributed by atoms with Gasteiger partial charge in [-0.15, -0.1) is 0 Å². The summed E-state index contributed by atoms with van der Waals surface area (Å²) in [5.74, 6) is -0.833. The number of benzene rings is 3. The fourth-order valence-electron chi connectivity index (χ4n) is 4.40. The molecule has 0 unspecified atom stereocenters. The van der Waals surface area contributed by atoms with Crippen molar-refractivity contribution < 1.29 is 15.0 Å². The third-order valence-electron chi connectivity index (χ3n) is 6.65. The Labute approximate surface area is 285 Å². The Morgan fingerprint density at radius 2 is 0.930 bits per heavy atom. The zero-order chi connectivity index (χ0) is 32.9. The smallest absolute Gasteiger partial charge is 0.300 e. The van der Waals surface area contributed by atoms with Gasteiger partial charge in [0.05, 0.1) is 0 Å². The second-order valence-electron chi connectivity index (χ2n) is 9.24. The van der Waals surface area contributed by atoms with Crippen LogP contribution in [0.3, 0.4) is 0 Å². The first-order valence-corrected chi connectivity index (χ1v) is 17.1. The van der Waals surface area contributed by atoms with E-state index in [0.29, 0.717) is 0 Å². The molecule has 0 aliphatic heterocycles. The molecule has 0 fully saturated rings. The summed E-state index contributed by atoms with van der Waals surface area (Å²) >= 11 is 11.0. The quantitative estimate of drug-likeness (QED) is 0.202. The van der Waals surface area contributed by atoms with Gasteiger partial charge in [0.25, 0.3) is 5.97 Å². The number of aliphatic hydroxyl groups is 1. The summed E-state index contributed by atoms with van der Waals surface area (Å²) in [5.41, 5.74) is 6.46. The Morgan fingerprint density at radius 3 is 1.21 bits per heavy atom. The maximum absolute atomic E-state index is 9.00.